The van der Waals surface area contributed by atoms with Crippen molar-refractivity contribution in [3.63, 3.8) is 0 Å². The lowest BCUT2D eigenvalue weighted by Gasteiger charge is -2.53. The third kappa shape index (κ3) is 3.84. The van der Waals surface area contributed by atoms with Gasteiger partial charge in [0.1, 0.15) is 11.1 Å². The lowest BCUT2D eigenvalue weighted by Crippen LogP contribution is -2.64. The van der Waals surface area contributed by atoms with Gasteiger partial charge in [0.25, 0.3) is 6.71 Å². The molecule has 6 aliphatic rings. The van der Waals surface area contributed by atoms with Gasteiger partial charge in [0.2, 0.25) is 0 Å². The van der Waals surface area contributed by atoms with Crippen LogP contribution < -0.4 is 26.2 Å². The molecule has 2 aromatic heterocycles. The molecule has 4 atom stereocenters. The van der Waals surface area contributed by atoms with E-state index in [4.69, 9.17) is 4.42 Å². The Morgan fingerprint density at radius 3 is 2.14 bits per heavy atom. The summed E-state index contributed by atoms with van der Waals surface area (Å²) in [6.45, 7) is 22.3. The second-order valence-corrected chi connectivity index (χ2v) is 21.7. The van der Waals surface area contributed by atoms with Gasteiger partial charge in [0, 0.05) is 50.0 Å². The Morgan fingerprint density at radius 1 is 0.644 bits per heavy atom. The van der Waals surface area contributed by atoms with Crippen LogP contribution in [0.15, 0.2) is 83.3 Å². The van der Waals surface area contributed by atoms with Crippen LogP contribution in [0.4, 0.5) is 22.7 Å². The molecule has 4 unspecified atom stereocenters. The van der Waals surface area contributed by atoms with Crippen molar-refractivity contribution in [2.24, 2.45) is 0 Å². The van der Waals surface area contributed by atoms with Crippen LogP contribution in [0.25, 0.3) is 38.7 Å². The molecule has 4 nitrogen and oxygen atoms in total. The maximum atomic E-state index is 7.01. The van der Waals surface area contributed by atoms with E-state index in [0.717, 1.165) is 11.2 Å². The molecule has 13 rings (SSSR count). The summed E-state index contributed by atoms with van der Waals surface area (Å²) in [5.41, 5.74) is 23.1. The Labute approximate surface area is 349 Å². The third-order valence-electron chi connectivity index (χ3n) is 17.7. The summed E-state index contributed by atoms with van der Waals surface area (Å²) in [6, 6.07) is 31.5. The highest BCUT2D eigenvalue weighted by atomic mass is 16.3. The van der Waals surface area contributed by atoms with Crippen molar-refractivity contribution in [3.8, 4) is 5.69 Å². The highest BCUT2D eigenvalue weighted by Gasteiger charge is 2.62. The standard InChI is InChI=1S/C54H56BN3O/c1-31-25-32(2)44-40(26-31)57(54(9)24-15-13-22-52(44,54)7)34-29-41-45-42(30-34)58-48-37(51(6)21-12-14-23-53(51,58)8)18-16-19-38(48)55(45)39-28-33(50(3,4)5)27-36-46(39)56(41)47-35-17-10-11-20-43(35)59-49(36)47/h10-11,16-20,25-30H,12-15,21-24H2,1-9H3. The largest absolute Gasteiger partial charge is 0.454 e. The Balaban J connectivity index is 1.22. The van der Waals surface area contributed by atoms with Crippen molar-refractivity contribution in [1.82, 2.24) is 4.57 Å². The first-order valence-electron chi connectivity index (χ1n) is 22.7. The van der Waals surface area contributed by atoms with Crippen molar-refractivity contribution >= 4 is 78.8 Å². The molecule has 6 heterocycles. The highest BCUT2D eigenvalue weighted by molar-refractivity contribution is 7.00. The molecule has 0 saturated heterocycles. The number of hydrogen-bond acceptors (Lipinski definition) is 3. The fourth-order valence-electron chi connectivity index (χ4n) is 14.6. The summed E-state index contributed by atoms with van der Waals surface area (Å²) >= 11 is 0. The van der Waals surface area contributed by atoms with Crippen LogP contribution in [-0.4, -0.2) is 22.4 Å². The number of aryl methyl sites for hydroxylation is 2. The number of fused-ring (bicyclic) bond motifs is 15. The molecule has 0 amide bonds. The van der Waals surface area contributed by atoms with E-state index < -0.39 is 0 Å². The molecule has 7 aromatic rings. The first kappa shape index (κ1) is 34.9. The quantitative estimate of drug-likeness (QED) is 0.155. The molecule has 2 saturated carbocycles. The molecule has 59 heavy (non-hydrogen) atoms. The van der Waals surface area contributed by atoms with Crippen LogP contribution in [0.5, 0.6) is 0 Å². The summed E-state index contributed by atoms with van der Waals surface area (Å²) in [7, 11) is 0. The zero-order valence-electron chi connectivity index (χ0n) is 36.5. The van der Waals surface area contributed by atoms with Crippen LogP contribution in [-0.2, 0) is 16.2 Å². The Hall–Kier alpha value is -4.90. The van der Waals surface area contributed by atoms with E-state index in [0.29, 0.717) is 0 Å². The minimum atomic E-state index is -0.0592. The van der Waals surface area contributed by atoms with E-state index in [9.17, 15) is 0 Å². The number of hydrogen-bond donors (Lipinski definition) is 0. The lowest BCUT2D eigenvalue weighted by atomic mass is 9.33. The van der Waals surface area contributed by atoms with E-state index in [1.807, 2.05) is 0 Å². The predicted molar refractivity (Wildman–Crippen MR) is 249 cm³/mol. The van der Waals surface area contributed by atoms with Gasteiger partial charge in [-0.15, -0.1) is 0 Å². The number of nitrogens with zero attached hydrogens (tertiary/aromatic N) is 3. The van der Waals surface area contributed by atoms with Crippen molar-refractivity contribution in [2.45, 2.75) is 141 Å². The summed E-state index contributed by atoms with van der Waals surface area (Å²) < 4.78 is 9.68. The van der Waals surface area contributed by atoms with Gasteiger partial charge in [-0.2, -0.15) is 0 Å². The Morgan fingerprint density at radius 2 is 1.36 bits per heavy atom. The molecule has 2 aliphatic carbocycles. The molecule has 2 fully saturated rings. The van der Waals surface area contributed by atoms with Gasteiger partial charge in [-0.25, -0.2) is 0 Å². The number of anilines is 4. The molecule has 5 aromatic carbocycles. The van der Waals surface area contributed by atoms with Crippen LogP contribution in [0.3, 0.4) is 0 Å². The van der Waals surface area contributed by atoms with Crippen LogP contribution >= 0.6 is 0 Å². The number of para-hydroxylation sites is 2. The zero-order valence-corrected chi connectivity index (χ0v) is 36.5. The molecular weight excluding hydrogens is 717 g/mol. The fraction of sp³-hybridized carbons (Fsp3) is 0.407. The summed E-state index contributed by atoms with van der Waals surface area (Å²) in [5, 5.41) is 2.43. The van der Waals surface area contributed by atoms with E-state index in [1.54, 1.807) is 11.1 Å². The molecule has 296 valence electrons. The third-order valence-corrected chi connectivity index (χ3v) is 17.7. The van der Waals surface area contributed by atoms with Gasteiger partial charge in [-0.05, 0) is 139 Å². The normalized spacial score (nSPS) is 27.4. The molecule has 5 heteroatoms. The number of furan rings is 1. The van der Waals surface area contributed by atoms with Gasteiger partial charge in [-0.3, -0.25) is 0 Å². The summed E-state index contributed by atoms with van der Waals surface area (Å²) in [5.74, 6) is 0. The van der Waals surface area contributed by atoms with Gasteiger partial charge >= 0.3 is 0 Å². The average Bonchev–Trinajstić information content (AvgIpc) is 3.85. The fourth-order valence-corrected chi connectivity index (χ4v) is 14.6. The van der Waals surface area contributed by atoms with Gasteiger partial charge in [-0.1, -0.05) is 103 Å². The minimum absolute atomic E-state index is 0.0329. The van der Waals surface area contributed by atoms with Crippen LogP contribution in [0.1, 0.15) is 128 Å². The molecule has 0 spiro atoms. The highest BCUT2D eigenvalue weighted by Crippen LogP contribution is 2.65. The number of benzene rings is 5. The van der Waals surface area contributed by atoms with Gasteiger partial charge in [0.15, 0.2) is 5.58 Å². The summed E-state index contributed by atoms with van der Waals surface area (Å²) in [6.07, 6.45) is 9.92. The topological polar surface area (TPSA) is 24.6 Å². The van der Waals surface area contributed by atoms with E-state index in [-0.39, 0.29) is 34.0 Å². The lowest BCUT2D eigenvalue weighted by molar-refractivity contribution is 0.193. The van der Waals surface area contributed by atoms with E-state index >= 15 is 0 Å². The second kappa shape index (κ2) is 10.7. The molecule has 4 aliphatic heterocycles. The molecular formula is C54H56BN3O. The average molecular weight is 774 g/mol. The summed E-state index contributed by atoms with van der Waals surface area (Å²) in [4.78, 5) is 5.78. The Kier molecular flexibility index (Phi) is 6.33. The molecule has 0 radical (unpaired) electrons. The van der Waals surface area contributed by atoms with E-state index in [2.05, 4.69) is 156 Å². The smallest absolute Gasteiger partial charge is 0.252 e. The first-order chi connectivity index (χ1) is 28.2. The number of rotatable bonds is 1. The number of aromatic nitrogens is 1. The first-order valence-corrected chi connectivity index (χ1v) is 22.7. The van der Waals surface area contributed by atoms with Crippen LogP contribution in [0, 0.1) is 13.8 Å². The molecule has 0 bridgehead atoms. The second-order valence-electron chi connectivity index (χ2n) is 21.7. The maximum Gasteiger partial charge on any atom is 0.252 e. The van der Waals surface area contributed by atoms with Crippen LogP contribution in [0.2, 0.25) is 0 Å². The van der Waals surface area contributed by atoms with Crippen molar-refractivity contribution in [1.29, 1.82) is 0 Å². The molecule has 0 N–H and O–H groups in total. The van der Waals surface area contributed by atoms with E-state index in [1.165, 1.54) is 135 Å². The van der Waals surface area contributed by atoms with Crippen molar-refractivity contribution < 1.29 is 4.42 Å². The monoisotopic (exact) mass is 773 g/mol. The zero-order chi connectivity index (χ0) is 40.3. The predicted octanol–water partition coefficient (Wildman–Crippen LogP) is 12.1. The van der Waals surface area contributed by atoms with Gasteiger partial charge < -0.3 is 18.8 Å². The van der Waals surface area contributed by atoms with Crippen molar-refractivity contribution in [2.75, 3.05) is 9.80 Å². The van der Waals surface area contributed by atoms with Gasteiger partial charge in [0.05, 0.1) is 16.6 Å². The van der Waals surface area contributed by atoms with Crippen molar-refractivity contribution in [3.05, 3.63) is 107 Å². The maximum absolute atomic E-state index is 7.01. The Bertz CT molecular complexity index is 3070. The minimum Gasteiger partial charge on any atom is -0.454 e. The SMILES string of the molecule is Cc1cc(C)c2c(c1)N(c1cc3c4c(c1)-n1c5c(cc(C(C)(C)C)cc5c5oc6ccccc6c51)B4c1cccc4c1N3C1(C)CCCCC41C)C1(C)CCCCC21C.